The summed E-state index contributed by atoms with van der Waals surface area (Å²) in [6, 6.07) is 0. The summed E-state index contributed by atoms with van der Waals surface area (Å²) in [6.07, 6.45) is 7.27. The molecule has 2 N–H and O–H groups in total. The average Bonchev–Trinajstić information content (AvgIpc) is 3.09. The van der Waals surface area contributed by atoms with E-state index in [4.69, 9.17) is 0 Å². The lowest BCUT2D eigenvalue weighted by Crippen LogP contribution is -2.47. The van der Waals surface area contributed by atoms with E-state index in [0.717, 1.165) is 24.5 Å². The zero-order chi connectivity index (χ0) is 14.3. The predicted molar refractivity (Wildman–Crippen MR) is 83.2 cm³/mol. The summed E-state index contributed by atoms with van der Waals surface area (Å²) in [7, 11) is 0. The number of thiazole rings is 1. The normalized spacial score (nSPS) is 31.9. The quantitative estimate of drug-likeness (QED) is 0.898. The van der Waals surface area contributed by atoms with Crippen LogP contribution in [0.15, 0.2) is 5.38 Å². The highest BCUT2D eigenvalue weighted by Gasteiger charge is 2.49. The lowest BCUT2D eigenvalue weighted by atomic mass is 9.67. The van der Waals surface area contributed by atoms with E-state index in [2.05, 4.69) is 21.0 Å². The van der Waals surface area contributed by atoms with Gasteiger partial charge in [0.25, 0.3) is 0 Å². The first-order valence-corrected chi connectivity index (χ1v) is 9.09. The van der Waals surface area contributed by atoms with Gasteiger partial charge < -0.3 is 10.6 Å². The first kappa shape index (κ1) is 13.7. The number of rotatable bonds is 4. The Morgan fingerprint density at radius 3 is 3.19 bits per heavy atom. The van der Waals surface area contributed by atoms with Gasteiger partial charge >= 0.3 is 0 Å². The first-order valence-electron chi connectivity index (χ1n) is 8.21. The van der Waals surface area contributed by atoms with Gasteiger partial charge in [0, 0.05) is 17.8 Å². The Kier molecular flexibility index (Phi) is 3.50. The van der Waals surface area contributed by atoms with Gasteiger partial charge in [-0.3, -0.25) is 4.79 Å². The highest BCUT2D eigenvalue weighted by molar-refractivity contribution is 7.09. The van der Waals surface area contributed by atoms with Crippen LogP contribution in [0.5, 0.6) is 0 Å². The van der Waals surface area contributed by atoms with Crippen molar-refractivity contribution in [2.24, 2.45) is 11.3 Å². The highest BCUT2D eigenvalue weighted by atomic mass is 32.1. The molecule has 1 aromatic rings. The molecule has 0 bridgehead atoms. The van der Waals surface area contributed by atoms with E-state index in [9.17, 15) is 4.79 Å². The van der Waals surface area contributed by atoms with E-state index in [1.165, 1.54) is 37.8 Å². The van der Waals surface area contributed by atoms with Crippen LogP contribution in [0.1, 0.15) is 55.1 Å². The minimum absolute atomic E-state index is 0.144. The second-order valence-electron chi connectivity index (χ2n) is 6.85. The van der Waals surface area contributed by atoms with Crippen LogP contribution in [0.3, 0.4) is 0 Å². The predicted octanol–water partition coefficient (Wildman–Crippen LogP) is 2.42. The molecule has 0 unspecified atom stereocenters. The molecule has 2 aliphatic carbocycles. The lowest BCUT2D eigenvalue weighted by Gasteiger charge is -2.37. The fourth-order valence-electron chi connectivity index (χ4n) is 4.00. The van der Waals surface area contributed by atoms with Gasteiger partial charge in [-0.05, 0) is 38.1 Å². The molecule has 3 aliphatic rings. The molecule has 4 nitrogen and oxygen atoms in total. The van der Waals surface area contributed by atoms with Crippen LogP contribution in [0.25, 0.3) is 0 Å². The summed E-state index contributed by atoms with van der Waals surface area (Å²) in [5.74, 6) is 1.48. The van der Waals surface area contributed by atoms with Gasteiger partial charge in [0.05, 0.1) is 17.7 Å². The third kappa shape index (κ3) is 2.50. The maximum atomic E-state index is 12.8. The fourth-order valence-corrected chi connectivity index (χ4v) is 4.81. The minimum Gasteiger partial charge on any atom is -0.349 e. The zero-order valence-electron chi connectivity index (χ0n) is 12.4. The monoisotopic (exact) mass is 305 g/mol. The van der Waals surface area contributed by atoms with Gasteiger partial charge in [-0.15, -0.1) is 11.3 Å². The van der Waals surface area contributed by atoms with Crippen LogP contribution in [-0.2, 0) is 11.3 Å². The number of nitrogens with zero attached hydrogens (tertiary/aromatic N) is 1. The third-order valence-electron chi connectivity index (χ3n) is 5.46. The smallest absolute Gasteiger partial charge is 0.228 e. The van der Waals surface area contributed by atoms with Gasteiger partial charge in [-0.25, -0.2) is 4.98 Å². The Morgan fingerprint density at radius 2 is 2.33 bits per heavy atom. The molecule has 0 spiro atoms. The highest BCUT2D eigenvalue weighted by Crippen LogP contribution is 2.44. The molecule has 5 heteroatoms. The van der Waals surface area contributed by atoms with E-state index in [1.54, 1.807) is 11.3 Å². The van der Waals surface area contributed by atoms with Gasteiger partial charge in [0.1, 0.15) is 5.01 Å². The molecule has 2 saturated carbocycles. The van der Waals surface area contributed by atoms with Crippen molar-refractivity contribution in [3.63, 3.8) is 0 Å². The van der Waals surface area contributed by atoms with Crippen LogP contribution >= 0.6 is 11.3 Å². The number of fused-ring (bicyclic) bond motifs is 1. The van der Waals surface area contributed by atoms with E-state index < -0.39 is 0 Å². The lowest BCUT2D eigenvalue weighted by molar-refractivity contribution is -0.134. The number of hydrogen-bond acceptors (Lipinski definition) is 4. The van der Waals surface area contributed by atoms with E-state index in [-0.39, 0.29) is 11.3 Å². The van der Waals surface area contributed by atoms with Crippen molar-refractivity contribution in [1.29, 1.82) is 0 Å². The van der Waals surface area contributed by atoms with Gasteiger partial charge in [0.2, 0.25) is 5.91 Å². The molecule has 21 heavy (non-hydrogen) atoms. The molecule has 1 aromatic heterocycles. The average molecular weight is 305 g/mol. The van der Waals surface area contributed by atoms with Crippen molar-refractivity contribution >= 4 is 17.2 Å². The molecule has 1 amide bonds. The maximum Gasteiger partial charge on any atom is 0.228 e. The number of carbonyl (C=O) groups excluding carboxylic acids is 1. The molecular formula is C16H23N3OS. The number of nitrogens with one attached hydrogen (secondary N) is 2. The zero-order valence-corrected chi connectivity index (χ0v) is 13.2. The molecule has 114 valence electrons. The summed E-state index contributed by atoms with van der Waals surface area (Å²) in [5, 5.41) is 9.83. The largest absolute Gasteiger partial charge is 0.349 e. The van der Waals surface area contributed by atoms with Gasteiger partial charge in [-0.1, -0.05) is 12.8 Å². The van der Waals surface area contributed by atoms with E-state index in [0.29, 0.717) is 18.4 Å². The van der Waals surface area contributed by atoms with E-state index in [1.807, 2.05) is 0 Å². The Labute approximate surface area is 129 Å². The molecule has 3 fully saturated rings. The molecule has 0 aromatic carbocycles. The van der Waals surface area contributed by atoms with Crippen LogP contribution in [-0.4, -0.2) is 24.0 Å². The Hall–Kier alpha value is -0.940. The van der Waals surface area contributed by atoms with Crippen LogP contribution in [0, 0.1) is 11.3 Å². The Bertz CT molecular complexity index is 539. The molecule has 0 radical (unpaired) electrons. The molecule has 1 saturated heterocycles. The second-order valence-corrected chi connectivity index (χ2v) is 7.80. The standard InChI is InChI=1S/C16H23N3OS/c20-15(16-6-2-1-3-12(16)7-17-10-16)18-8-14-19-13(9-21-14)11-4-5-11/h9,11-12,17H,1-8,10H2,(H,18,20)/t12-,16+/m0/s1. The Morgan fingerprint density at radius 1 is 1.43 bits per heavy atom. The summed E-state index contributed by atoms with van der Waals surface area (Å²) in [5.41, 5.74) is 1.09. The summed E-state index contributed by atoms with van der Waals surface area (Å²) < 4.78 is 0. The molecular weight excluding hydrogens is 282 g/mol. The molecule has 4 rings (SSSR count). The Balaban J connectivity index is 1.40. The first-order chi connectivity index (χ1) is 10.3. The molecule has 2 heterocycles. The van der Waals surface area contributed by atoms with Gasteiger partial charge in [-0.2, -0.15) is 0 Å². The van der Waals surface area contributed by atoms with Crippen molar-refractivity contribution in [1.82, 2.24) is 15.6 Å². The van der Waals surface area contributed by atoms with Crippen LogP contribution in [0.4, 0.5) is 0 Å². The van der Waals surface area contributed by atoms with Crippen molar-refractivity contribution in [2.45, 2.75) is 51.0 Å². The van der Waals surface area contributed by atoms with Crippen molar-refractivity contribution in [3.8, 4) is 0 Å². The van der Waals surface area contributed by atoms with Crippen LogP contribution in [0.2, 0.25) is 0 Å². The number of amides is 1. The number of hydrogen-bond donors (Lipinski definition) is 2. The maximum absolute atomic E-state index is 12.8. The molecule has 2 atom stereocenters. The fraction of sp³-hybridized carbons (Fsp3) is 0.750. The summed E-state index contributed by atoms with van der Waals surface area (Å²) in [4.78, 5) is 17.4. The van der Waals surface area contributed by atoms with Crippen LogP contribution < -0.4 is 10.6 Å². The van der Waals surface area contributed by atoms with Crippen molar-refractivity contribution in [3.05, 3.63) is 16.1 Å². The minimum atomic E-state index is -0.144. The summed E-state index contributed by atoms with van der Waals surface area (Å²) in [6.45, 7) is 2.47. The third-order valence-corrected chi connectivity index (χ3v) is 6.32. The topological polar surface area (TPSA) is 54.0 Å². The second kappa shape index (κ2) is 5.36. The van der Waals surface area contributed by atoms with Crippen molar-refractivity contribution in [2.75, 3.05) is 13.1 Å². The van der Waals surface area contributed by atoms with Crippen molar-refractivity contribution < 1.29 is 4.79 Å². The number of carbonyl (C=O) groups is 1. The summed E-state index contributed by atoms with van der Waals surface area (Å²) >= 11 is 1.69. The SMILES string of the molecule is O=C(NCc1nc(C2CC2)cs1)[C@@]12CCCC[C@H]1CNC2. The molecule has 1 aliphatic heterocycles. The number of aromatic nitrogens is 1. The van der Waals surface area contributed by atoms with Gasteiger partial charge in [0.15, 0.2) is 0 Å². The van der Waals surface area contributed by atoms with E-state index >= 15 is 0 Å².